The maximum atomic E-state index is 10.3. The summed E-state index contributed by atoms with van der Waals surface area (Å²) in [7, 11) is 1.61. The van der Waals surface area contributed by atoms with E-state index in [4.69, 9.17) is 4.74 Å². The first kappa shape index (κ1) is 10.9. The molecule has 1 aliphatic heterocycles. The molecule has 5 heteroatoms. The molecule has 0 unspecified atom stereocenters. The van der Waals surface area contributed by atoms with Gasteiger partial charge in [-0.15, -0.1) is 0 Å². The fourth-order valence-corrected chi connectivity index (χ4v) is 2.72. The van der Waals surface area contributed by atoms with Gasteiger partial charge in [-0.1, -0.05) is 11.3 Å². The molecule has 1 aromatic rings. The topological polar surface area (TPSA) is 54.4 Å². The van der Waals surface area contributed by atoms with Gasteiger partial charge in [-0.05, 0) is 25.9 Å². The molecule has 0 radical (unpaired) electrons. The first-order valence-electron chi connectivity index (χ1n) is 5.14. The van der Waals surface area contributed by atoms with Crippen LogP contribution in [-0.4, -0.2) is 35.9 Å². The van der Waals surface area contributed by atoms with Gasteiger partial charge >= 0.3 is 0 Å². The van der Waals surface area contributed by atoms with Crippen LogP contribution in [-0.2, 0) is 6.42 Å². The van der Waals surface area contributed by atoms with Gasteiger partial charge in [0, 0.05) is 17.5 Å². The van der Waals surface area contributed by atoms with Crippen molar-refractivity contribution in [3.05, 3.63) is 11.1 Å². The summed E-state index contributed by atoms with van der Waals surface area (Å²) in [5.74, 6) is 0. The van der Waals surface area contributed by atoms with Crippen LogP contribution in [0.2, 0.25) is 0 Å². The Morgan fingerprint density at radius 1 is 1.60 bits per heavy atom. The minimum atomic E-state index is -0.553. The molecule has 0 atom stereocenters. The van der Waals surface area contributed by atoms with Crippen molar-refractivity contribution in [3.63, 3.8) is 0 Å². The number of hydrogen-bond acceptors (Lipinski definition) is 5. The number of hydrogen-bond donors (Lipinski definition) is 2. The Labute approximate surface area is 93.3 Å². The van der Waals surface area contributed by atoms with E-state index >= 15 is 0 Å². The molecule has 0 aliphatic carbocycles. The zero-order valence-corrected chi connectivity index (χ0v) is 9.64. The maximum absolute atomic E-state index is 10.3. The molecule has 84 valence electrons. The van der Waals surface area contributed by atoms with Gasteiger partial charge in [-0.2, -0.15) is 0 Å². The van der Waals surface area contributed by atoms with Gasteiger partial charge in [0.2, 0.25) is 0 Å². The molecular formula is C10H16N2O2S. The zero-order valence-electron chi connectivity index (χ0n) is 8.82. The third-order valence-electron chi connectivity index (χ3n) is 2.74. The van der Waals surface area contributed by atoms with Crippen LogP contribution in [0, 0.1) is 0 Å². The maximum Gasteiger partial charge on any atom is 0.273 e. The average Bonchev–Trinajstić information content (AvgIpc) is 2.66. The number of nitrogens with zero attached hydrogens (tertiary/aromatic N) is 1. The normalized spacial score (nSPS) is 20.1. The second-order valence-corrected chi connectivity index (χ2v) is 5.03. The molecule has 0 bridgehead atoms. The van der Waals surface area contributed by atoms with E-state index < -0.39 is 5.60 Å². The van der Waals surface area contributed by atoms with E-state index in [1.807, 2.05) is 0 Å². The van der Waals surface area contributed by atoms with Crippen LogP contribution < -0.4 is 10.1 Å². The van der Waals surface area contributed by atoms with Crippen molar-refractivity contribution in [1.82, 2.24) is 10.3 Å². The monoisotopic (exact) mass is 228 g/mol. The van der Waals surface area contributed by atoms with Gasteiger partial charge in [0.25, 0.3) is 5.19 Å². The highest BCUT2D eigenvalue weighted by atomic mass is 32.1. The third-order valence-corrected chi connectivity index (χ3v) is 3.70. The number of aromatic nitrogens is 1. The molecular weight excluding hydrogens is 212 g/mol. The van der Waals surface area contributed by atoms with E-state index in [0.29, 0.717) is 11.6 Å². The number of piperidine rings is 1. The average molecular weight is 228 g/mol. The SMILES string of the molecule is COc1ncc(CC2(O)CCNCC2)s1. The van der Waals surface area contributed by atoms with Crippen molar-refractivity contribution >= 4 is 11.3 Å². The summed E-state index contributed by atoms with van der Waals surface area (Å²) < 4.78 is 5.03. The number of rotatable bonds is 3. The summed E-state index contributed by atoms with van der Waals surface area (Å²) in [6.45, 7) is 1.79. The molecule has 0 saturated carbocycles. The third kappa shape index (κ3) is 2.68. The number of nitrogens with one attached hydrogen (secondary N) is 1. The molecule has 15 heavy (non-hydrogen) atoms. The summed E-state index contributed by atoms with van der Waals surface area (Å²) in [5.41, 5.74) is -0.553. The molecule has 4 nitrogen and oxygen atoms in total. The van der Waals surface area contributed by atoms with Crippen LogP contribution in [0.15, 0.2) is 6.20 Å². The lowest BCUT2D eigenvalue weighted by molar-refractivity contribution is 0.0115. The van der Waals surface area contributed by atoms with Crippen molar-refractivity contribution in [3.8, 4) is 5.19 Å². The number of ether oxygens (including phenoxy) is 1. The molecule has 1 fully saturated rings. The van der Waals surface area contributed by atoms with Gasteiger partial charge in [0.1, 0.15) is 0 Å². The molecule has 2 rings (SSSR count). The molecule has 2 N–H and O–H groups in total. The van der Waals surface area contributed by atoms with Gasteiger partial charge in [-0.25, -0.2) is 4.98 Å². The van der Waals surface area contributed by atoms with Crippen molar-refractivity contribution < 1.29 is 9.84 Å². The Morgan fingerprint density at radius 3 is 2.93 bits per heavy atom. The van der Waals surface area contributed by atoms with Crippen LogP contribution in [0.3, 0.4) is 0 Å². The highest BCUT2D eigenvalue weighted by Gasteiger charge is 2.29. The molecule has 0 spiro atoms. The van der Waals surface area contributed by atoms with Gasteiger partial charge in [-0.3, -0.25) is 0 Å². The highest BCUT2D eigenvalue weighted by Crippen LogP contribution is 2.28. The Balaban J connectivity index is 2.00. The van der Waals surface area contributed by atoms with Crippen molar-refractivity contribution in [2.24, 2.45) is 0 Å². The first-order valence-corrected chi connectivity index (χ1v) is 5.95. The van der Waals surface area contributed by atoms with E-state index in [0.717, 1.165) is 30.8 Å². The summed E-state index contributed by atoms with van der Waals surface area (Å²) >= 11 is 1.51. The predicted octanol–water partition coefficient (Wildman–Crippen LogP) is 0.809. The number of methoxy groups -OCH3 is 1. The quantitative estimate of drug-likeness (QED) is 0.804. The van der Waals surface area contributed by atoms with Crippen LogP contribution in [0.4, 0.5) is 0 Å². The molecule has 1 aromatic heterocycles. The summed E-state index contributed by atoms with van der Waals surface area (Å²) in [6, 6.07) is 0. The van der Waals surface area contributed by atoms with Crippen LogP contribution in [0.5, 0.6) is 5.19 Å². The molecule has 1 saturated heterocycles. The smallest absolute Gasteiger partial charge is 0.273 e. The zero-order chi connectivity index (χ0) is 10.7. The van der Waals surface area contributed by atoms with Crippen molar-refractivity contribution in [2.75, 3.05) is 20.2 Å². The fraction of sp³-hybridized carbons (Fsp3) is 0.700. The highest BCUT2D eigenvalue weighted by molar-refractivity contribution is 7.13. The fourth-order valence-electron chi connectivity index (χ4n) is 1.86. The Morgan fingerprint density at radius 2 is 2.33 bits per heavy atom. The van der Waals surface area contributed by atoms with Gasteiger partial charge in [0.15, 0.2) is 0 Å². The van der Waals surface area contributed by atoms with E-state index in [1.165, 1.54) is 11.3 Å². The van der Waals surface area contributed by atoms with Crippen LogP contribution in [0.1, 0.15) is 17.7 Å². The van der Waals surface area contributed by atoms with E-state index in [2.05, 4.69) is 10.3 Å². The van der Waals surface area contributed by atoms with Crippen LogP contribution in [0.25, 0.3) is 0 Å². The summed E-state index contributed by atoms with van der Waals surface area (Å²) in [5, 5.41) is 14.2. The van der Waals surface area contributed by atoms with E-state index in [-0.39, 0.29) is 0 Å². The Hall–Kier alpha value is -0.650. The number of aliphatic hydroxyl groups is 1. The lowest BCUT2D eigenvalue weighted by Gasteiger charge is -2.31. The van der Waals surface area contributed by atoms with Gasteiger partial charge < -0.3 is 15.2 Å². The lowest BCUT2D eigenvalue weighted by atomic mass is 9.89. The second kappa shape index (κ2) is 4.47. The molecule has 1 aliphatic rings. The molecule has 2 heterocycles. The standard InChI is InChI=1S/C10H16N2O2S/c1-14-9-12-7-8(15-9)6-10(13)2-4-11-5-3-10/h7,11,13H,2-6H2,1H3. The van der Waals surface area contributed by atoms with Crippen molar-refractivity contribution in [1.29, 1.82) is 0 Å². The minimum absolute atomic E-state index is 0.553. The Bertz CT molecular complexity index is 321. The lowest BCUT2D eigenvalue weighted by Crippen LogP contribution is -2.43. The minimum Gasteiger partial charge on any atom is -0.473 e. The van der Waals surface area contributed by atoms with Gasteiger partial charge in [0.05, 0.1) is 12.7 Å². The number of thiazole rings is 1. The largest absolute Gasteiger partial charge is 0.473 e. The second-order valence-electron chi connectivity index (χ2n) is 3.95. The summed E-state index contributed by atoms with van der Waals surface area (Å²) in [4.78, 5) is 5.19. The Kier molecular flexibility index (Phi) is 3.23. The molecule has 0 aromatic carbocycles. The van der Waals surface area contributed by atoms with E-state index in [1.54, 1.807) is 13.3 Å². The van der Waals surface area contributed by atoms with Crippen LogP contribution >= 0.6 is 11.3 Å². The summed E-state index contributed by atoms with van der Waals surface area (Å²) in [6.07, 6.45) is 4.11. The first-order chi connectivity index (χ1) is 7.22. The van der Waals surface area contributed by atoms with Crippen molar-refractivity contribution in [2.45, 2.75) is 24.9 Å². The van der Waals surface area contributed by atoms with E-state index in [9.17, 15) is 5.11 Å². The molecule has 0 amide bonds. The predicted molar refractivity (Wildman–Crippen MR) is 59.4 cm³/mol.